The first-order valence-corrected chi connectivity index (χ1v) is 6.75. The average molecular weight is 267 g/mol. The summed E-state index contributed by atoms with van der Waals surface area (Å²) in [6.07, 6.45) is 1.79. The highest BCUT2D eigenvalue weighted by Crippen LogP contribution is 2.14. The molecule has 0 radical (unpaired) electrons. The molecule has 2 atom stereocenters. The fourth-order valence-electron chi connectivity index (χ4n) is 2.12. The van der Waals surface area contributed by atoms with Crippen molar-refractivity contribution in [1.29, 1.82) is 0 Å². The molecule has 7 heteroatoms. The molecule has 3 heterocycles. The second-order valence-corrected chi connectivity index (χ2v) is 5.17. The summed E-state index contributed by atoms with van der Waals surface area (Å²) in [5.41, 5.74) is 1.82. The van der Waals surface area contributed by atoms with Gasteiger partial charge in [-0.3, -0.25) is 0 Å². The zero-order valence-electron chi connectivity index (χ0n) is 9.77. The van der Waals surface area contributed by atoms with Gasteiger partial charge in [-0.25, -0.2) is 9.37 Å². The van der Waals surface area contributed by atoms with Crippen LogP contribution in [-0.4, -0.2) is 39.9 Å². The van der Waals surface area contributed by atoms with Crippen LogP contribution in [0.4, 0.5) is 4.39 Å². The molecule has 0 aliphatic carbocycles. The van der Waals surface area contributed by atoms with E-state index in [1.54, 1.807) is 6.20 Å². The molecule has 1 saturated heterocycles. The molecule has 0 saturated carbocycles. The van der Waals surface area contributed by atoms with Crippen molar-refractivity contribution in [2.45, 2.75) is 25.2 Å². The zero-order chi connectivity index (χ0) is 12.4. The molecule has 1 aliphatic rings. The number of nitrogens with zero attached hydrogens (tertiary/aromatic N) is 3. The number of piperidine rings is 1. The Kier molecular flexibility index (Phi) is 3.44. The van der Waals surface area contributed by atoms with Gasteiger partial charge in [0.05, 0.1) is 0 Å². The van der Waals surface area contributed by atoms with Crippen LogP contribution >= 0.6 is 11.5 Å². The van der Waals surface area contributed by atoms with Crippen LogP contribution in [-0.2, 0) is 6.54 Å². The summed E-state index contributed by atoms with van der Waals surface area (Å²) in [5, 5.41) is 10.3. The molecule has 2 N–H and O–H groups in total. The van der Waals surface area contributed by atoms with Crippen molar-refractivity contribution >= 4 is 21.9 Å². The van der Waals surface area contributed by atoms with Crippen LogP contribution in [0, 0.1) is 0 Å². The fraction of sp³-hybridized carbons (Fsp3) is 0.545. The number of hydrogen-bond donors (Lipinski definition) is 2. The van der Waals surface area contributed by atoms with Gasteiger partial charge in [0.1, 0.15) is 11.7 Å². The second kappa shape index (κ2) is 5.21. The van der Waals surface area contributed by atoms with E-state index in [4.69, 9.17) is 0 Å². The molecule has 2 aromatic heterocycles. The predicted octanol–water partition coefficient (Wildman–Crippen LogP) is 0.876. The number of aromatic nitrogens is 3. The molecule has 18 heavy (non-hydrogen) atoms. The highest BCUT2D eigenvalue weighted by molar-refractivity contribution is 7.12. The van der Waals surface area contributed by atoms with E-state index in [1.807, 2.05) is 6.07 Å². The lowest BCUT2D eigenvalue weighted by atomic mass is 10.0. The van der Waals surface area contributed by atoms with E-state index in [2.05, 4.69) is 25.2 Å². The summed E-state index contributed by atoms with van der Waals surface area (Å²) in [5.74, 6) is 0. The highest BCUT2D eigenvalue weighted by Gasteiger charge is 2.23. The van der Waals surface area contributed by atoms with E-state index >= 15 is 0 Å². The van der Waals surface area contributed by atoms with Gasteiger partial charge in [0.15, 0.2) is 4.83 Å². The van der Waals surface area contributed by atoms with E-state index in [1.165, 1.54) is 11.5 Å². The first kappa shape index (κ1) is 11.9. The molecule has 0 bridgehead atoms. The SMILES string of the molecule is FC1CNCCC1NCc1cnc2snnc2c1. The highest BCUT2D eigenvalue weighted by atomic mass is 32.1. The normalized spacial score (nSPS) is 24.5. The van der Waals surface area contributed by atoms with E-state index in [9.17, 15) is 4.39 Å². The van der Waals surface area contributed by atoms with Crippen LogP contribution in [0.2, 0.25) is 0 Å². The Bertz CT molecular complexity index is 531. The second-order valence-electron chi connectivity index (χ2n) is 4.44. The Hall–Kier alpha value is -1.18. The van der Waals surface area contributed by atoms with Gasteiger partial charge >= 0.3 is 0 Å². The number of halogens is 1. The lowest BCUT2D eigenvalue weighted by molar-refractivity contribution is 0.202. The predicted molar refractivity (Wildman–Crippen MR) is 68.2 cm³/mol. The molecule has 1 aliphatic heterocycles. The Morgan fingerprint density at radius 3 is 3.39 bits per heavy atom. The lowest BCUT2D eigenvalue weighted by Crippen LogP contribution is -2.48. The molecular weight excluding hydrogens is 253 g/mol. The molecule has 1 fully saturated rings. The number of alkyl halides is 1. The summed E-state index contributed by atoms with van der Waals surface area (Å²) in [6.45, 7) is 1.92. The molecule has 0 amide bonds. The topological polar surface area (TPSA) is 62.7 Å². The van der Waals surface area contributed by atoms with Crippen molar-refractivity contribution in [1.82, 2.24) is 25.2 Å². The molecule has 2 unspecified atom stereocenters. The van der Waals surface area contributed by atoms with Crippen LogP contribution in [0.5, 0.6) is 0 Å². The van der Waals surface area contributed by atoms with Gasteiger partial charge in [-0.1, -0.05) is 4.49 Å². The molecule has 3 rings (SSSR count). The van der Waals surface area contributed by atoms with E-state index < -0.39 is 6.17 Å². The molecule has 0 spiro atoms. The maximum Gasteiger partial charge on any atom is 0.163 e. The molecule has 0 aromatic carbocycles. The lowest BCUT2D eigenvalue weighted by Gasteiger charge is -2.27. The van der Waals surface area contributed by atoms with Gasteiger partial charge in [0, 0.05) is 36.9 Å². The maximum atomic E-state index is 13.6. The summed E-state index contributed by atoms with van der Waals surface area (Å²) in [6, 6.07) is 1.88. The van der Waals surface area contributed by atoms with Crippen LogP contribution < -0.4 is 10.6 Å². The van der Waals surface area contributed by atoms with Crippen LogP contribution in [0.1, 0.15) is 12.0 Å². The molecule has 2 aromatic rings. The van der Waals surface area contributed by atoms with E-state index in [-0.39, 0.29) is 6.04 Å². The van der Waals surface area contributed by atoms with Crippen LogP contribution in [0.25, 0.3) is 10.3 Å². The van der Waals surface area contributed by atoms with Crippen LogP contribution in [0.15, 0.2) is 12.3 Å². The molecular formula is C11H14FN5S. The number of pyridine rings is 1. The van der Waals surface area contributed by atoms with E-state index in [0.29, 0.717) is 13.1 Å². The first-order chi connectivity index (χ1) is 8.83. The minimum Gasteiger partial charge on any atom is -0.314 e. The zero-order valence-corrected chi connectivity index (χ0v) is 10.6. The van der Waals surface area contributed by atoms with E-state index in [0.717, 1.165) is 28.9 Å². The number of hydrogen-bond acceptors (Lipinski definition) is 6. The van der Waals surface area contributed by atoms with Crippen molar-refractivity contribution in [3.8, 4) is 0 Å². The Morgan fingerprint density at radius 1 is 1.56 bits per heavy atom. The fourth-order valence-corrected chi connectivity index (χ4v) is 2.62. The summed E-state index contributed by atoms with van der Waals surface area (Å²) >= 11 is 1.28. The quantitative estimate of drug-likeness (QED) is 0.864. The maximum absolute atomic E-state index is 13.6. The Balaban J connectivity index is 1.65. The summed E-state index contributed by atoms with van der Waals surface area (Å²) in [4.78, 5) is 5.11. The number of fused-ring (bicyclic) bond motifs is 1. The Labute approximate surface area is 108 Å². The third-order valence-corrected chi connectivity index (χ3v) is 3.79. The van der Waals surface area contributed by atoms with Gasteiger partial charge in [0.25, 0.3) is 0 Å². The standard InChI is InChI=1S/C11H14FN5S/c12-8-6-13-2-1-9(8)14-4-7-3-10-11(15-5-7)18-17-16-10/h3,5,8-9,13-14H,1-2,4,6H2. The van der Waals surface area contributed by atoms with Crippen molar-refractivity contribution in [2.75, 3.05) is 13.1 Å². The average Bonchev–Trinajstić information content (AvgIpc) is 2.85. The Morgan fingerprint density at radius 2 is 2.50 bits per heavy atom. The van der Waals surface area contributed by atoms with Gasteiger partial charge in [-0.2, -0.15) is 0 Å². The van der Waals surface area contributed by atoms with Crippen molar-refractivity contribution in [3.63, 3.8) is 0 Å². The first-order valence-electron chi connectivity index (χ1n) is 5.98. The number of rotatable bonds is 3. The monoisotopic (exact) mass is 267 g/mol. The van der Waals surface area contributed by atoms with Gasteiger partial charge in [-0.15, -0.1) is 5.10 Å². The minimum atomic E-state index is -0.823. The van der Waals surface area contributed by atoms with Crippen LogP contribution in [0.3, 0.4) is 0 Å². The summed E-state index contributed by atoms with van der Waals surface area (Å²) in [7, 11) is 0. The molecule has 5 nitrogen and oxygen atoms in total. The third-order valence-electron chi connectivity index (χ3n) is 3.14. The minimum absolute atomic E-state index is 0.0736. The number of nitrogens with one attached hydrogen (secondary N) is 2. The van der Waals surface area contributed by atoms with Crippen molar-refractivity contribution in [2.24, 2.45) is 0 Å². The van der Waals surface area contributed by atoms with Gasteiger partial charge < -0.3 is 10.6 Å². The van der Waals surface area contributed by atoms with Crippen molar-refractivity contribution in [3.05, 3.63) is 17.8 Å². The third kappa shape index (κ3) is 2.47. The van der Waals surface area contributed by atoms with Crippen molar-refractivity contribution < 1.29 is 4.39 Å². The van der Waals surface area contributed by atoms with Gasteiger partial charge in [-0.05, 0) is 24.6 Å². The molecule has 96 valence electrons. The smallest absolute Gasteiger partial charge is 0.163 e. The summed E-state index contributed by atoms with van der Waals surface area (Å²) < 4.78 is 17.4. The largest absolute Gasteiger partial charge is 0.314 e. The van der Waals surface area contributed by atoms with Gasteiger partial charge in [0.2, 0.25) is 0 Å².